The van der Waals surface area contributed by atoms with E-state index in [1.54, 1.807) is 6.07 Å². The average molecular weight is 382 g/mol. The van der Waals surface area contributed by atoms with Crippen molar-refractivity contribution in [3.8, 4) is 11.3 Å². The summed E-state index contributed by atoms with van der Waals surface area (Å²) in [5.74, 6) is -1.12. The van der Waals surface area contributed by atoms with Gasteiger partial charge in [-0.1, -0.05) is 30.3 Å². The largest absolute Gasteiger partial charge is 0.478 e. The summed E-state index contributed by atoms with van der Waals surface area (Å²) in [5.41, 5.74) is 1.83. The molecule has 0 aliphatic carbocycles. The van der Waals surface area contributed by atoms with Crippen LogP contribution in [0.5, 0.6) is 0 Å². The fourth-order valence-electron chi connectivity index (χ4n) is 3.38. The minimum Gasteiger partial charge on any atom is -0.478 e. The molecular weight excluding hydrogens is 364 g/mol. The van der Waals surface area contributed by atoms with Crippen LogP contribution in [0.15, 0.2) is 59.5 Å². The van der Waals surface area contributed by atoms with Crippen LogP contribution in [0.2, 0.25) is 0 Å². The van der Waals surface area contributed by atoms with Crippen LogP contribution in [0.3, 0.4) is 0 Å². The summed E-state index contributed by atoms with van der Waals surface area (Å²) in [5, 5.41) is 9.99. The van der Waals surface area contributed by atoms with Gasteiger partial charge in [0.25, 0.3) is 0 Å². The zero-order valence-corrected chi connectivity index (χ0v) is 15.3. The van der Waals surface area contributed by atoms with E-state index in [0.29, 0.717) is 29.7 Å². The van der Waals surface area contributed by atoms with Crippen LogP contribution < -0.4 is 0 Å². The van der Waals surface area contributed by atoms with Crippen LogP contribution in [0.1, 0.15) is 23.2 Å². The molecule has 0 amide bonds. The number of hydrogen-bond acceptors (Lipinski definition) is 4. The highest BCUT2D eigenvalue weighted by Crippen LogP contribution is 2.29. The molecule has 0 saturated carbocycles. The lowest BCUT2D eigenvalue weighted by molar-refractivity contribution is 0.0699. The van der Waals surface area contributed by atoms with Crippen LogP contribution in [-0.2, 0) is 10.0 Å². The van der Waals surface area contributed by atoms with Gasteiger partial charge in [0.05, 0.1) is 21.7 Å². The Morgan fingerprint density at radius 3 is 2.37 bits per heavy atom. The number of sulfonamides is 1. The Labute approximate surface area is 157 Å². The van der Waals surface area contributed by atoms with Crippen LogP contribution >= 0.6 is 0 Å². The zero-order valence-electron chi connectivity index (χ0n) is 14.5. The van der Waals surface area contributed by atoms with Gasteiger partial charge in [0.2, 0.25) is 10.0 Å². The van der Waals surface area contributed by atoms with Gasteiger partial charge in [-0.2, -0.15) is 4.31 Å². The van der Waals surface area contributed by atoms with Crippen molar-refractivity contribution < 1.29 is 18.3 Å². The van der Waals surface area contributed by atoms with Crippen molar-refractivity contribution >= 4 is 26.9 Å². The molecule has 6 nitrogen and oxygen atoms in total. The minimum absolute atomic E-state index is 0.0392. The third-order valence-electron chi connectivity index (χ3n) is 4.78. The van der Waals surface area contributed by atoms with Crippen molar-refractivity contribution in [2.45, 2.75) is 17.7 Å². The predicted octanol–water partition coefficient (Wildman–Crippen LogP) is 3.38. The van der Waals surface area contributed by atoms with E-state index in [0.717, 1.165) is 18.4 Å². The molecule has 138 valence electrons. The SMILES string of the molecule is O=C(O)c1cc(-c2ccccc2)nc2ccc(S(=O)(=O)N3CCCC3)cc12. The van der Waals surface area contributed by atoms with E-state index in [9.17, 15) is 18.3 Å². The number of aromatic carboxylic acids is 1. The molecule has 1 N–H and O–H groups in total. The number of aromatic nitrogens is 1. The minimum atomic E-state index is -3.62. The molecule has 1 aromatic heterocycles. The predicted molar refractivity (Wildman–Crippen MR) is 102 cm³/mol. The molecule has 1 fully saturated rings. The number of nitrogens with zero attached hydrogens (tertiary/aromatic N) is 2. The standard InChI is InChI=1S/C20H18N2O4S/c23-20(24)17-13-19(14-6-2-1-3-7-14)21-18-9-8-15(12-16(17)18)27(25,26)22-10-4-5-11-22/h1-3,6-9,12-13H,4-5,10-11H2,(H,23,24). The molecule has 0 spiro atoms. The molecule has 3 aromatic rings. The Kier molecular flexibility index (Phi) is 4.41. The lowest BCUT2D eigenvalue weighted by Crippen LogP contribution is -2.27. The Morgan fingerprint density at radius 1 is 1.00 bits per heavy atom. The summed E-state index contributed by atoms with van der Waals surface area (Å²) < 4.78 is 27.1. The molecule has 1 saturated heterocycles. The van der Waals surface area contributed by atoms with Gasteiger partial charge in [0, 0.05) is 24.0 Å². The summed E-state index contributed by atoms with van der Waals surface area (Å²) in [7, 11) is -3.62. The van der Waals surface area contributed by atoms with E-state index < -0.39 is 16.0 Å². The van der Waals surface area contributed by atoms with Crippen LogP contribution in [0.4, 0.5) is 0 Å². The van der Waals surface area contributed by atoms with Gasteiger partial charge in [0.15, 0.2) is 0 Å². The first-order valence-electron chi connectivity index (χ1n) is 8.70. The zero-order chi connectivity index (χ0) is 19.0. The summed E-state index contributed by atoms with van der Waals surface area (Å²) >= 11 is 0. The molecule has 7 heteroatoms. The van der Waals surface area contributed by atoms with Gasteiger partial charge in [-0.25, -0.2) is 18.2 Å². The number of carboxylic acid groups (broad SMARTS) is 1. The molecule has 0 radical (unpaired) electrons. The molecule has 1 aliphatic rings. The normalized spacial score (nSPS) is 15.3. The second kappa shape index (κ2) is 6.75. The highest BCUT2D eigenvalue weighted by Gasteiger charge is 2.28. The maximum Gasteiger partial charge on any atom is 0.336 e. The summed E-state index contributed by atoms with van der Waals surface area (Å²) in [6.07, 6.45) is 1.68. The van der Waals surface area contributed by atoms with Crippen molar-refractivity contribution in [1.29, 1.82) is 0 Å². The molecule has 0 unspecified atom stereocenters. The van der Waals surface area contributed by atoms with Gasteiger partial charge in [0.1, 0.15) is 0 Å². The molecule has 0 bridgehead atoms. The lowest BCUT2D eigenvalue weighted by atomic mass is 10.0. The lowest BCUT2D eigenvalue weighted by Gasteiger charge is -2.16. The topological polar surface area (TPSA) is 87.6 Å². The Bertz CT molecular complexity index is 1120. The van der Waals surface area contributed by atoms with Crippen LogP contribution in [0.25, 0.3) is 22.2 Å². The van der Waals surface area contributed by atoms with Crippen LogP contribution in [0, 0.1) is 0 Å². The third-order valence-corrected chi connectivity index (χ3v) is 6.68. The second-order valence-corrected chi connectivity index (χ2v) is 8.45. The van der Waals surface area contributed by atoms with Gasteiger partial charge in [-0.3, -0.25) is 0 Å². The average Bonchev–Trinajstić information content (AvgIpc) is 3.23. The van der Waals surface area contributed by atoms with Gasteiger partial charge in [-0.05, 0) is 37.1 Å². The maximum atomic E-state index is 12.8. The van der Waals surface area contributed by atoms with E-state index in [-0.39, 0.29) is 10.5 Å². The van der Waals surface area contributed by atoms with Crippen molar-refractivity contribution in [2.24, 2.45) is 0 Å². The highest BCUT2D eigenvalue weighted by molar-refractivity contribution is 7.89. The number of benzene rings is 2. The highest BCUT2D eigenvalue weighted by atomic mass is 32.2. The second-order valence-electron chi connectivity index (χ2n) is 6.52. The molecule has 1 aliphatic heterocycles. The van der Waals surface area contributed by atoms with Gasteiger partial charge in [-0.15, -0.1) is 0 Å². The van der Waals surface area contributed by atoms with E-state index >= 15 is 0 Å². The monoisotopic (exact) mass is 382 g/mol. The van der Waals surface area contributed by atoms with Crippen molar-refractivity contribution in [3.05, 3.63) is 60.2 Å². The number of hydrogen-bond donors (Lipinski definition) is 1. The first-order chi connectivity index (χ1) is 13.0. The van der Waals surface area contributed by atoms with E-state index in [2.05, 4.69) is 4.98 Å². The van der Waals surface area contributed by atoms with Gasteiger partial charge < -0.3 is 5.11 Å². The van der Waals surface area contributed by atoms with E-state index in [1.165, 1.54) is 22.5 Å². The fourth-order valence-corrected chi connectivity index (χ4v) is 4.92. The van der Waals surface area contributed by atoms with E-state index in [4.69, 9.17) is 0 Å². The molecule has 0 atom stereocenters. The number of fused-ring (bicyclic) bond motifs is 1. The number of pyridine rings is 1. The smallest absolute Gasteiger partial charge is 0.336 e. The number of rotatable bonds is 4. The molecule has 27 heavy (non-hydrogen) atoms. The fraction of sp³-hybridized carbons (Fsp3) is 0.200. The maximum absolute atomic E-state index is 12.8. The van der Waals surface area contributed by atoms with E-state index in [1.807, 2.05) is 30.3 Å². The van der Waals surface area contributed by atoms with Crippen molar-refractivity contribution in [3.63, 3.8) is 0 Å². The number of carbonyl (C=O) groups is 1. The molecule has 2 heterocycles. The first-order valence-corrected chi connectivity index (χ1v) is 10.1. The Hall–Kier alpha value is -2.77. The van der Waals surface area contributed by atoms with Crippen molar-refractivity contribution in [1.82, 2.24) is 9.29 Å². The molecular formula is C20H18N2O4S. The molecule has 2 aromatic carbocycles. The Balaban J connectivity index is 1.89. The van der Waals surface area contributed by atoms with Crippen LogP contribution in [-0.4, -0.2) is 41.9 Å². The van der Waals surface area contributed by atoms with Gasteiger partial charge >= 0.3 is 5.97 Å². The Morgan fingerprint density at radius 2 is 1.70 bits per heavy atom. The van der Waals surface area contributed by atoms with Crippen molar-refractivity contribution in [2.75, 3.05) is 13.1 Å². The quantitative estimate of drug-likeness (QED) is 0.747. The third kappa shape index (κ3) is 3.20. The summed E-state index contributed by atoms with van der Waals surface area (Å²) in [6.45, 7) is 0.995. The molecule has 4 rings (SSSR count). The first kappa shape index (κ1) is 17.6. The summed E-state index contributed by atoms with van der Waals surface area (Å²) in [4.78, 5) is 16.5. The number of carboxylic acids is 1. The summed E-state index contributed by atoms with van der Waals surface area (Å²) in [6, 6.07) is 15.3.